The summed E-state index contributed by atoms with van der Waals surface area (Å²) < 4.78 is 2.17. The number of hydrogen-bond donors (Lipinski definition) is 2. The maximum absolute atomic E-state index is 13.0. The fourth-order valence-corrected chi connectivity index (χ4v) is 3.60. The van der Waals surface area contributed by atoms with Crippen molar-refractivity contribution >= 4 is 5.91 Å². The minimum absolute atomic E-state index is 0.104. The fourth-order valence-electron chi connectivity index (χ4n) is 3.60. The first kappa shape index (κ1) is 15.3. The van der Waals surface area contributed by atoms with Crippen molar-refractivity contribution in [3.8, 4) is 0 Å². The maximum atomic E-state index is 13.0. The van der Waals surface area contributed by atoms with E-state index in [1.165, 1.54) is 0 Å². The second-order valence-electron chi connectivity index (χ2n) is 6.76. The Hall–Kier alpha value is -2.22. The Labute approximate surface area is 140 Å². The SMILES string of the molecule is CC(C)c1nnc2n1CCN(C(=O)C1NCCc3[nH]cnc31)CC2. The van der Waals surface area contributed by atoms with Crippen molar-refractivity contribution in [2.75, 3.05) is 19.6 Å². The zero-order valence-electron chi connectivity index (χ0n) is 14.1. The molecule has 24 heavy (non-hydrogen) atoms. The van der Waals surface area contributed by atoms with E-state index in [1.807, 2.05) is 4.90 Å². The summed E-state index contributed by atoms with van der Waals surface area (Å²) in [6.45, 7) is 7.14. The van der Waals surface area contributed by atoms with Crippen LogP contribution in [0.5, 0.6) is 0 Å². The molecular formula is C16H23N7O. The van der Waals surface area contributed by atoms with Crippen molar-refractivity contribution < 1.29 is 4.79 Å². The van der Waals surface area contributed by atoms with Crippen molar-refractivity contribution in [3.05, 3.63) is 29.4 Å². The molecule has 0 fully saturated rings. The Morgan fingerprint density at radius 2 is 2.12 bits per heavy atom. The van der Waals surface area contributed by atoms with Gasteiger partial charge in [0.15, 0.2) is 0 Å². The van der Waals surface area contributed by atoms with Crippen molar-refractivity contribution in [3.63, 3.8) is 0 Å². The number of nitrogens with zero attached hydrogens (tertiary/aromatic N) is 5. The Kier molecular flexibility index (Phi) is 3.84. The highest BCUT2D eigenvalue weighted by atomic mass is 16.2. The van der Waals surface area contributed by atoms with Gasteiger partial charge in [0.2, 0.25) is 5.91 Å². The number of hydrogen-bond acceptors (Lipinski definition) is 5. The number of carbonyl (C=O) groups is 1. The molecule has 0 aromatic carbocycles. The van der Waals surface area contributed by atoms with Crippen LogP contribution in [0.4, 0.5) is 0 Å². The first-order valence-corrected chi connectivity index (χ1v) is 8.61. The number of aromatic nitrogens is 5. The van der Waals surface area contributed by atoms with Crippen molar-refractivity contribution in [1.82, 2.24) is 34.9 Å². The zero-order valence-corrected chi connectivity index (χ0v) is 14.1. The van der Waals surface area contributed by atoms with Gasteiger partial charge in [0.05, 0.1) is 12.0 Å². The largest absolute Gasteiger partial charge is 0.348 e. The molecule has 2 aliphatic rings. The number of H-pyrrole nitrogens is 1. The van der Waals surface area contributed by atoms with E-state index < -0.39 is 0 Å². The van der Waals surface area contributed by atoms with Crippen LogP contribution in [0.3, 0.4) is 0 Å². The minimum atomic E-state index is -0.340. The molecule has 4 rings (SSSR count). The van der Waals surface area contributed by atoms with Crippen LogP contribution in [0, 0.1) is 0 Å². The van der Waals surface area contributed by atoms with Crippen LogP contribution in [-0.2, 0) is 24.2 Å². The summed E-state index contributed by atoms with van der Waals surface area (Å²) in [6.07, 6.45) is 3.31. The fraction of sp³-hybridized carbons (Fsp3) is 0.625. The lowest BCUT2D eigenvalue weighted by molar-refractivity contribution is -0.133. The average Bonchev–Trinajstić information content (AvgIpc) is 3.16. The quantitative estimate of drug-likeness (QED) is 0.832. The van der Waals surface area contributed by atoms with Crippen molar-refractivity contribution in [1.29, 1.82) is 0 Å². The predicted octanol–water partition coefficient (Wildman–Crippen LogP) is 0.396. The Balaban J connectivity index is 1.52. The van der Waals surface area contributed by atoms with Crippen LogP contribution >= 0.6 is 0 Å². The normalized spacial score (nSPS) is 20.6. The van der Waals surface area contributed by atoms with Crippen LogP contribution in [0.2, 0.25) is 0 Å². The lowest BCUT2D eigenvalue weighted by Gasteiger charge is -2.28. The Morgan fingerprint density at radius 3 is 2.96 bits per heavy atom. The first-order chi connectivity index (χ1) is 11.6. The molecule has 0 radical (unpaired) electrons. The van der Waals surface area contributed by atoms with E-state index in [1.54, 1.807) is 6.33 Å². The lowest BCUT2D eigenvalue weighted by Crippen LogP contribution is -2.45. The molecule has 1 unspecified atom stereocenters. The molecule has 0 spiro atoms. The molecule has 2 aromatic heterocycles. The van der Waals surface area contributed by atoms with E-state index in [-0.39, 0.29) is 11.9 Å². The van der Waals surface area contributed by atoms with Crippen LogP contribution in [-0.4, -0.2) is 55.2 Å². The molecule has 2 aromatic rings. The first-order valence-electron chi connectivity index (χ1n) is 8.61. The summed E-state index contributed by atoms with van der Waals surface area (Å²) >= 11 is 0. The summed E-state index contributed by atoms with van der Waals surface area (Å²) in [7, 11) is 0. The Morgan fingerprint density at radius 1 is 1.25 bits per heavy atom. The van der Waals surface area contributed by atoms with E-state index in [9.17, 15) is 4.79 Å². The van der Waals surface area contributed by atoms with E-state index in [0.29, 0.717) is 19.0 Å². The van der Waals surface area contributed by atoms with Crippen LogP contribution in [0.25, 0.3) is 0 Å². The number of aromatic amines is 1. The summed E-state index contributed by atoms with van der Waals surface area (Å²) in [4.78, 5) is 22.4. The second-order valence-corrected chi connectivity index (χ2v) is 6.76. The summed E-state index contributed by atoms with van der Waals surface area (Å²) in [5, 5.41) is 11.9. The van der Waals surface area contributed by atoms with E-state index in [4.69, 9.17) is 0 Å². The molecule has 1 atom stereocenters. The molecule has 0 saturated carbocycles. The van der Waals surface area contributed by atoms with Crippen LogP contribution < -0.4 is 5.32 Å². The Bertz CT molecular complexity index is 747. The van der Waals surface area contributed by atoms with Gasteiger partial charge in [-0.1, -0.05) is 13.8 Å². The van der Waals surface area contributed by atoms with Crippen LogP contribution in [0.15, 0.2) is 6.33 Å². The summed E-state index contributed by atoms with van der Waals surface area (Å²) in [5.41, 5.74) is 1.92. The number of fused-ring (bicyclic) bond motifs is 2. The number of imidazole rings is 1. The van der Waals surface area contributed by atoms with Gasteiger partial charge in [-0.3, -0.25) is 4.79 Å². The topological polar surface area (TPSA) is 91.7 Å². The van der Waals surface area contributed by atoms with Gasteiger partial charge in [-0.25, -0.2) is 4.98 Å². The molecular weight excluding hydrogens is 306 g/mol. The molecule has 2 N–H and O–H groups in total. The maximum Gasteiger partial charge on any atom is 0.246 e. The van der Waals surface area contributed by atoms with E-state index in [2.05, 4.69) is 43.9 Å². The lowest BCUT2D eigenvalue weighted by atomic mass is 10.0. The average molecular weight is 329 g/mol. The standard InChI is InChI=1S/C16H23N7O/c1-10(2)15-21-20-12-4-6-22(7-8-23(12)15)16(24)14-13-11(3-5-17-14)18-9-19-13/h9-10,14,17H,3-8H2,1-2H3,(H,18,19). The highest BCUT2D eigenvalue weighted by molar-refractivity contribution is 5.83. The molecule has 0 aliphatic carbocycles. The van der Waals surface area contributed by atoms with Gasteiger partial charge >= 0.3 is 0 Å². The smallest absolute Gasteiger partial charge is 0.246 e. The number of amides is 1. The third-order valence-electron chi connectivity index (χ3n) is 4.88. The van der Waals surface area contributed by atoms with Gasteiger partial charge in [-0.2, -0.15) is 0 Å². The molecule has 8 nitrogen and oxygen atoms in total. The molecule has 0 bridgehead atoms. The van der Waals surface area contributed by atoms with Gasteiger partial charge in [-0.05, 0) is 0 Å². The van der Waals surface area contributed by atoms with Gasteiger partial charge in [0, 0.05) is 50.6 Å². The highest BCUT2D eigenvalue weighted by Crippen LogP contribution is 2.23. The molecule has 0 saturated heterocycles. The highest BCUT2D eigenvalue weighted by Gasteiger charge is 2.33. The molecule has 128 valence electrons. The zero-order chi connectivity index (χ0) is 16.7. The monoisotopic (exact) mass is 329 g/mol. The van der Waals surface area contributed by atoms with Crippen molar-refractivity contribution in [2.24, 2.45) is 0 Å². The number of rotatable bonds is 2. The van der Waals surface area contributed by atoms with Crippen LogP contribution in [0.1, 0.15) is 48.8 Å². The van der Waals surface area contributed by atoms with Gasteiger partial charge in [-0.15, -0.1) is 10.2 Å². The van der Waals surface area contributed by atoms with Crippen molar-refractivity contribution in [2.45, 2.75) is 45.2 Å². The van der Waals surface area contributed by atoms with Gasteiger partial charge < -0.3 is 19.8 Å². The van der Waals surface area contributed by atoms with E-state index in [0.717, 1.165) is 49.0 Å². The molecule has 2 aliphatic heterocycles. The molecule has 8 heteroatoms. The van der Waals surface area contributed by atoms with Gasteiger partial charge in [0.1, 0.15) is 17.7 Å². The minimum Gasteiger partial charge on any atom is -0.348 e. The molecule has 1 amide bonds. The summed E-state index contributed by atoms with van der Waals surface area (Å²) in [5.74, 6) is 2.42. The molecule has 4 heterocycles. The number of carbonyl (C=O) groups excluding carboxylic acids is 1. The number of nitrogens with one attached hydrogen (secondary N) is 2. The summed E-state index contributed by atoms with van der Waals surface area (Å²) in [6, 6.07) is -0.340. The second kappa shape index (κ2) is 6.01. The predicted molar refractivity (Wildman–Crippen MR) is 87.4 cm³/mol. The third-order valence-corrected chi connectivity index (χ3v) is 4.88. The third kappa shape index (κ3) is 2.50. The van der Waals surface area contributed by atoms with E-state index >= 15 is 0 Å². The van der Waals surface area contributed by atoms with Gasteiger partial charge in [0.25, 0.3) is 0 Å².